The second kappa shape index (κ2) is 4.77. The number of hydrogen-bond acceptors (Lipinski definition) is 3. The van der Waals surface area contributed by atoms with E-state index < -0.39 is 0 Å². The zero-order valence-corrected chi connectivity index (χ0v) is 9.81. The number of rotatable bonds is 2. The van der Waals surface area contributed by atoms with Gasteiger partial charge in [-0.05, 0) is 30.3 Å². The van der Waals surface area contributed by atoms with Crippen molar-refractivity contribution in [3.63, 3.8) is 0 Å². The Hall–Kier alpha value is -1.86. The van der Waals surface area contributed by atoms with Crippen LogP contribution in [0.2, 0.25) is 0 Å². The summed E-state index contributed by atoms with van der Waals surface area (Å²) in [6.07, 6.45) is 1.55. The third kappa shape index (κ3) is 2.59. The van der Waals surface area contributed by atoms with Crippen molar-refractivity contribution in [1.29, 1.82) is 5.26 Å². The number of nitriles is 1. The molecule has 0 amide bonds. The van der Waals surface area contributed by atoms with E-state index in [0.29, 0.717) is 11.4 Å². The molecule has 2 rings (SSSR count). The minimum atomic E-state index is 0.342. The van der Waals surface area contributed by atoms with Crippen molar-refractivity contribution >= 4 is 15.9 Å². The standard InChI is InChI=1S/C12H7BrN2O/c13-9-1-3-11(4-2-9)16-12-5-6-15-10(7-12)8-14/h1-7H. The van der Waals surface area contributed by atoms with Crippen LogP contribution in [-0.4, -0.2) is 4.98 Å². The minimum absolute atomic E-state index is 0.342. The van der Waals surface area contributed by atoms with Gasteiger partial charge in [-0.25, -0.2) is 4.98 Å². The lowest BCUT2D eigenvalue weighted by Crippen LogP contribution is -1.86. The molecule has 1 heterocycles. The van der Waals surface area contributed by atoms with Gasteiger partial charge >= 0.3 is 0 Å². The van der Waals surface area contributed by atoms with Gasteiger partial charge in [0.1, 0.15) is 23.3 Å². The molecule has 4 heteroatoms. The summed E-state index contributed by atoms with van der Waals surface area (Å²) in [5.41, 5.74) is 0.342. The van der Waals surface area contributed by atoms with Crippen LogP contribution < -0.4 is 4.74 Å². The van der Waals surface area contributed by atoms with Crippen LogP contribution in [0, 0.1) is 11.3 Å². The van der Waals surface area contributed by atoms with Gasteiger partial charge < -0.3 is 4.74 Å². The summed E-state index contributed by atoms with van der Waals surface area (Å²) in [5, 5.41) is 8.69. The van der Waals surface area contributed by atoms with Crippen LogP contribution in [-0.2, 0) is 0 Å². The molecule has 1 aromatic heterocycles. The predicted octanol–water partition coefficient (Wildman–Crippen LogP) is 3.51. The Labute approximate surface area is 101 Å². The molecular formula is C12H7BrN2O. The first-order chi connectivity index (χ1) is 7.78. The van der Waals surface area contributed by atoms with Crippen molar-refractivity contribution in [3.8, 4) is 17.6 Å². The molecule has 0 spiro atoms. The van der Waals surface area contributed by atoms with Crippen LogP contribution in [0.25, 0.3) is 0 Å². The number of benzene rings is 1. The van der Waals surface area contributed by atoms with Crippen molar-refractivity contribution < 1.29 is 4.74 Å². The zero-order chi connectivity index (χ0) is 11.4. The summed E-state index contributed by atoms with van der Waals surface area (Å²) in [6.45, 7) is 0. The lowest BCUT2D eigenvalue weighted by Gasteiger charge is -2.05. The topological polar surface area (TPSA) is 45.9 Å². The summed E-state index contributed by atoms with van der Waals surface area (Å²) >= 11 is 3.35. The monoisotopic (exact) mass is 274 g/mol. The maximum Gasteiger partial charge on any atom is 0.144 e. The summed E-state index contributed by atoms with van der Waals surface area (Å²) in [7, 11) is 0. The smallest absolute Gasteiger partial charge is 0.144 e. The summed E-state index contributed by atoms with van der Waals surface area (Å²) < 4.78 is 6.56. The molecule has 0 aliphatic rings. The average Bonchev–Trinajstić information content (AvgIpc) is 2.32. The Morgan fingerprint density at radius 1 is 1.12 bits per heavy atom. The van der Waals surface area contributed by atoms with E-state index in [-0.39, 0.29) is 0 Å². The SMILES string of the molecule is N#Cc1cc(Oc2ccc(Br)cc2)ccn1. The van der Waals surface area contributed by atoms with E-state index in [0.717, 1.165) is 10.2 Å². The Balaban J connectivity index is 2.21. The fraction of sp³-hybridized carbons (Fsp3) is 0. The van der Waals surface area contributed by atoms with E-state index in [9.17, 15) is 0 Å². The van der Waals surface area contributed by atoms with E-state index >= 15 is 0 Å². The number of hydrogen-bond donors (Lipinski definition) is 0. The van der Waals surface area contributed by atoms with Crippen LogP contribution in [0.1, 0.15) is 5.69 Å². The largest absolute Gasteiger partial charge is 0.457 e. The third-order valence-corrected chi connectivity index (χ3v) is 2.42. The second-order valence-electron chi connectivity index (χ2n) is 3.04. The Kier molecular flexibility index (Phi) is 3.18. The highest BCUT2D eigenvalue weighted by Crippen LogP contribution is 2.22. The first kappa shape index (κ1) is 10.7. The number of nitrogens with zero attached hydrogens (tertiary/aromatic N) is 2. The van der Waals surface area contributed by atoms with E-state index in [1.54, 1.807) is 18.3 Å². The van der Waals surface area contributed by atoms with Crippen LogP contribution in [0.4, 0.5) is 0 Å². The highest BCUT2D eigenvalue weighted by Gasteiger charge is 1.99. The van der Waals surface area contributed by atoms with Gasteiger partial charge in [0.05, 0.1) is 0 Å². The Morgan fingerprint density at radius 3 is 2.56 bits per heavy atom. The van der Waals surface area contributed by atoms with Crippen molar-refractivity contribution in [2.45, 2.75) is 0 Å². The van der Waals surface area contributed by atoms with Gasteiger partial charge in [0.2, 0.25) is 0 Å². The number of ether oxygens (including phenoxy) is 1. The van der Waals surface area contributed by atoms with Gasteiger partial charge in [-0.15, -0.1) is 0 Å². The van der Waals surface area contributed by atoms with Gasteiger partial charge in [0.15, 0.2) is 0 Å². The van der Waals surface area contributed by atoms with Crippen LogP contribution in [0.5, 0.6) is 11.5 Å². The molecule has 1 aromatic carbocycles. The average molecular weight is 275 g/mol. The molecule has 0 saturated carbocycles. The molecule has 0 unspecified atom stereocenters. The van der Waals surface area contributed by atoms with E-state index in [4.69, 9.17) is 10.00 Å². The normalized spacial score (nSPS) is 9.50. The molecule has 0 aliphatic heterocycles. The third-order valence-electron chi connectivity index (χ3n) is 1.90. The molecule has 0 radical (unpaired) electrons. The van der Waals surface area contributed by atoms with Crippen molar-refractivity contribution in [2.75, 3.05) is 0 Å². The molecule has 16 heavy (non-hydrogen) atoms. The fourth-order valence-corrected chi connectivity index (χ4v) is 1.44. The Morgan fingerprint density at radius 2 is 1.88 bits per heavy atom. The molecule has 0 N–H and O–H groups in total. The molecule has 0 fully saturated rings. The van der Waals surface area contributed by atoms with Crippen LogP contribution in [0.15, 0.2) is 47.1 Å². The van der Waals surface area contributed by atoms with E-state index in [2.05, 4.69) is 20.9 Å². The fourth-order valence-electron chi connectivity index (χ4n) is 1.17. The first-order valence-corrected chi connectivity index (χ1v) is 5.37. The molecular weight excluding hydrogens is 268 g/mol. The van der Waals surface area contributed by atoms with Crippen LogP contribution >= 0.6 is 15.9 Å². The molecule has 0 atom stereocenters. The molecule has 0 bridgehead atoms. The molecule has 0 saturated heterocycles. The summed E-state index contributed by atoms with van der Waals surface area (Å²) in [4.78, 5) is 3.87. The first-order valence-electron chi connectivity index (χ1n) is 4.57. The van der Waals surface area contributed by atoms with Crippen molar-refractivity contribution in [1.82, 2.24) is 4.98 Å². The predicted molar refractivity (Wildman–Crippen MR) is 63.2 cm³/mol. The quantitative estimate of drug-likeness (QED) is 0.842. The maximum absolute atomic E-state index is 8.69. The molecule has 0 aliphatic carbocycles. The van der Waals surface area contributed by atoms with Gasteiger partial charge in [-0.3, -0.25) is 0 Å². The minimum Gasteiger partial charge on any atom is -0.457 e. The molecule has 2 aromatic rings. The van der Waals surface area contributed by atoms with Gasteiger partial charge in [0.25, 0.3) is 0 Å². The summed E-state index contributed by atoms with van der Waals surface area (Å²) in [5.74, 6) is 1.33. The highest BCUT2D eigenvalue weighted by atomic mass is 79.9. The summed E-state index contributed by atoms with van der Waals surface area (Å²) in [6, 6.07) is 12.7. The number of halogens is 1. The van der Waals surface area contributed by atoms with Crippen molar-refractivity contribution in [2.24, 2.45) is 0 Å². The van der Waals surface area contributed by atoms with Gasteiger partial charge in [0, 0.05) is 16.7 Å². The van der Waals surface area contributed by atoms with Crippen LogP contribution in [0.3, 0.4) is 0 Å². The zero-order valence-electron chi connectivity index (χ0n) is 8.22. The Bertz CT molecular complexity index is 531. The number of pyridine rings is 1. The molecule has 78 valence electrons. The maximum atomic E-state index is 8.69. The van der Waals surface area contributed by atoms with E-state index in [1.165, 1.54) is 0 Å². The van der Waals surface area contributed by atoms with Crippen molar-refractivity contribution in [3.05, 3.63) is 52.8 Å². The van der Waals surface area contributed by atoms with Gasteiger partial charge in [-0.2, -0.15) is 5.26 Å². The lowest BCUT2D eigenvalue weighted by molar-refractivity contribution is 0.481. The number of aromatic nitrogens is 1. The highest BCUT2D eigenvalue weighted by molar-refractivity contribution is 9.10. The van der Waals surface area contributed by atoms with Gasteiger partial charge in [-0.1, -0.05) is 15.9 Å². The second-order valence-corrected chi connectivity index (χ2v) is 3.96. The lowest BCUT2D eigenvalue weighted by atomic mass is 10.3. The molecule has 3 nitrogen and oxygen atoms in total. The van der Waals surface area contributed by atoms with E-state index in [1.807, 2.05) is 30.3 Å².